The van der Waals surface area contributed by atoms with Crippen LogP contribution in [0.5, 0.6) is 0 Å². The van der Waals surface area contributed by atoms with Crippen molar-refractivity contribution in [3.63, 3.8) is 0 Å². The largest absolute Gasteiger partial charge is 0.367 e. The van der Waals surface area contributed by atoms with Crippen molar-refractivity contribution in [2.75, 3.05) is 31.1 Å². The minimum absolute atomic E-state index is 0.180. The predicted molar refractivity (Wildman–Crippen MR) is 99.0 cm³/mol. The van der Waals surface area contributed by atoms with Crippen molar-refractivity contribution in [2.45, 2.75) is 13.5 Å². The molecule has 134 valence electrons. The van der Waals surface area contributed by atoms with Gasteiger partial charge in [0.15, 0.2) is 0 Å². The predicted octanol–water partition coefficient (Wildman–Crippen LogP) is 2.06. The number of anilines is 1. The Kier molecular flexibility index (Phi) is 4.53. The normalized spacial score (nSPS) is 15.3. The fourth-order valence-electron chi connectivity index (χ4n) is 3.31. The first-order chi connectivity index (χ1) is 12.7. The second-order valence-electron chi connectivity index (χ2n) is 6.52. The van der Waals surface area contributed by atoms with Gasteiger partial charge in [-0.05, 0) is 6.92 Å². The maximum atomic E-state index is 11.9. The zero-order chi connectivity index (χ0) is 17.9. The quantitative estimate of drug-likeness (QED) is 0.775. The molecule has 7 heteroatoms. The summed E-state index contributed by atoms with van der Waals surface area (Å²) in [6.07, 6.45) is 0. The molecule has 1 aliphatic heterocycles. The van der Waals surface area contributed by atoms with E-state index in [1.165, 1.54) is 0 Å². The lowest BCUT2D eigenvalue weighted by Gasteiger charge is -2.36. The molecule has 26 heavy (non-hydrogen) atoms. The summed E-state index contributed by atoms with van der Waals surface area (Å²) < 4.78 is 5.14. The van der Waals surface area contributed by atoms with Gasteiger partial charge < -0.3 is 9.42 Å². The molecule has 1 aliphatic rings. The Morgan fingerprint density at radius 1 is 1.12 bits per heavy atom. The third-order valence-electron chi connectivity index (χ3n) is 4.61. The van der Waals surface area contributed by atoms with Gasteiger partial charge in [-0.1, -0.05) is 35.5 Å². The Morgan fingerprint density at radius 2 is 1.88 bits per heavy atom. The lowest BCUT2D eigenvalue weighted by atomic mass is 10.1. The van der Waals surface area contributed by atoms with Gasteiger partial charge in [-0.15, -0.1) is 0 Å². The number of aromatic nitrogens is 3. The van der Waals surface area contributed by atoms with E-state index < -0.39 is 0 Å². The van der Waals surface area contributed by atoms with Crippen molar-refractivity contribution in [1.29, 1.82) is 0 Å². The number of rotatable bonds is 4. The number of nitrogens with zero attached hydrogens (tertiary/aromatic N) is 4. The van der Waals surface area contributed by atoms with Crippen molar-refractivity contribution in [1.82, 2.24) is 20.3 Å². The summed E-state index contributed by atoms with van der Waals surface area (Å²) in [5.41, 5.74) is 3.47. The van der Waals surface area contributed by atoms with Gasteiger partial charge >= 0.3 is 0 Å². The van der Waals surface area contributed by atoms with Crippen LogP contribution in [0.15, 0.2) is 51.8 Å². The van der Waals surface area contributed by atoms with Gasteiger partial charge in [0.25, 0.3) is 5.56 Å². The summed E-state index contributed by atoms with van der Waals surface area (Å²) in [7, 11) is 0. The zero-order valence-corrected chi connectivity index (χ0v) is 14.7. The first-order valence-corrected chi connectivity index (χ1v) is 8.74. The van der Waals surface area contributed by atoms with Gasteiger partial charge in [0.2, 0.25) is 0 Å². The van der Waals surface area contributed by atoms with Crippen molar-refractivity contribution < 1.29 is 4.52 Å². The van der Waals surface area contributed by atoms with E-state index in [9.17, 15) is 4.79 Å². The van der Waals surface area contributed by atoms with Crippen LogP contribution in [-0.4, -0.2) is 46.4 Å². The number of piperazine rings is 1. The summed E-state index contributed by atoms with van der Waals surface area (Å²) in [6.45, 7) is 6.15. The molecule has 0 saturated carbocycles. The first kappa shape index (κ1) is 16.5. The summed E-state index contributed by atoms with van der Waals surface area (Å²) >= 11 is 0. The van der Waals surface area contributed by atoms with Crippen LogP contribution in [0.3, 0.4) is 0 Å². The fraction of sp³-hybridized carbons (Fsp3) is 0.316. The van der Waals surface area contributed by atoms with Gasteiger partial charge in [0.1, 0.15) is 11.5 Å². The van der Waals surface area contributed by atoms with E-state index >= 15 is 0 Å². The van der Waals surface area contributed by atoms with Gasteiger partial charge in [0, 0.05) is 50.4 Å². The average Bonchev–Trinajstić information content (AvgIpc) is 3.08. The molecule has 0 spiro atoms. The number of hydrogen-bond donors (Lipinski definition) is 1. The average molecular weight is 351 g/mol. The van der Waals surface area contributed by atoms with E-state index in [0.717, 1.165) is 61.1 Å². The summed E-state index contributed by atoms with van der Waals surface area (Å²) in [5.74, 6) is 0.834. The van der Waals surface area contributed by atoms with Crippen LogP contribution in [0.2, 0.25) is 0 Å². The molecule has 0 radical (unpaired) electrons. The second-order valence-corrected chi connectivity index (χ2v) is 6.52. The third-order valence-corrected chi connectivity index (χ3v) is 4.61. The molecule has 0 atom stereocenters. The Labute approximate surface area is 151 Å². The van der Waals surface area contributed by atoms with Crippen LogP contribution in [-0.2, 0) is 6.54 Å². The fourth-order valence-corrected chi connectivity index (χ4v) is 3.31. The van der Waals surface area contributed by atoms with Crippen LogP contribution in [0.1, 0.15) is 11.5 Å². The highest BCUT2D eigenvalue weighted by Crippen LogP contribution is 2.27. The van der Waals surface area contributed by atoms with Crippen LogP contribution < -0.4 is 10.5 Å². The molecule has 7 nitrogen and oxygen atoms in total. The molecular weight excluding hydrogens is 330 g/mol. The first-order valence-electron chi connectivity index (χ1n) is 8.74. The number of aromatic amines is 1. The van der Waals surface area contributed by atoms with E-state index in [2.05, 4.69) is 25.2 Å². The number of aryl methyl sites for hydroxylation is 1. The molecule has 1 fully saturated rings. The van der Waals surface area contributed by atoms with Crippen molar-refractivity contribution >= 4 is 5.69 Å². The molecule has 1 aromatic carbocycles. The lowest BCUT2D eigenvalue weighted by molar-refractivity contribution is 0.241. The number of nitrogens with one attached hydrogen (secondary N) is 1. The number of hydrogen-bond acceptors (Lipinski definition) is 6. The molecule has 0 bridgehead atoms. The van der Waals surface area contributed by atoms with Crippen LogP contribution in [0, 0.1) is 6.92 Å². The minimum Gasteiger partial charge on any atom is -0.367 e. The van der Waals surface area contributed by atoms with Crippen LogP contribution >= 0.6 is 0 Å². The smallest absolute Gasteiger partial charge is 0.266 e. The Balaban J connectivity index is 1.51. The van der Waals surface area contributed by atoms with Crippen LogP contribution in [0.25, 0.3) is 11.3 Å². The maximum absolute atomic E-state index is 11.9. The molecule has 4 rings (SSSR count). The SMILES string of the molecule is Cc1cc(CN2CCN(c3cc(=O)[nH]nc3-c3ccccc3)CC2)no1. The molecular formula is C19H21N5O2. The van der Waals surface area contributed by atoms with Crippen LogP contribution in [0.4, 0.5) is 5.69 Å². The molecule has 2 aromatic heterocycles. The topological polar surface area (TPSA) is 78.3 Å². The standard InChI is InChI=1S/C19H21N5O2/c1-14-11-16(22-26-14)13-23-7-9-24(10-8-23)17-12-18(25)20-21-19(17)15-5-3-2-4-6-15/h2-6,11-12H,7-10,13H2,1H3,(H,20,25). The summed E-state index contributed by atoms with van der Waals surface area (Å²) in [4.78, 5) is 16.4. The lowest BCUT2D eigenvalue weighted by Crippen LogP contribution is -2.46. The molecule has 0 unspecified atom stereocenters. The third kappa shape index (κ3) is 3.52. The number of benzene rings is 1. The molecule has 1 saturated heterocycles. The molecule has 3 aromatic rings. The van der Waals surface area contributed by atoms with Gasteiger partial charge in [-0.3, -0.25) is 9.69 Å². The number of H-pyrrole nitrogens is 1. The highest BCUT2D eigenvalue weighted by molar-refractivity contribution is 5.74. The summed E-state index contributed by atoms with van der Waals surface area (Å²) in [5, 5.41) is 10.9. The van der Waals surface area contributed by atoms with Crippen molar-refractivity contribution in [2.24, 2.45) is 0 Å². The maximum Gasteiger partial charge on any atom is 0.266 e. The van der Waals surface area contributed by atoms with E-state index in [1.54, 1.807) is 6.07 Å². The second kappa shape index (κ2) is 7.13. The Hall–Kier alpha value is -2.93. The zero-order valence-electron chi connectivity index (χ0n) is 14.7. The minimum atomic E-state index is -0.180. The summed E-state index contributed by atoms with van der Waals surface area (Å²) in [6, 6.07) is 13.6. The highest BCUT2D eigenvalue weighted by Gasteiger charge is 2.21. The Bertz CT molecular complexity index is 926. The van der Waals surface area contributed by atoms with E-state index in [1.807, 2.05) is 43.3 Å². The molecule has 1 N–H and O–H groups in total. The van der Waals surface area contributed by atoms with Gasteiger partial charge in [0.05, 0.1) is 11.4 Å². The van der Waals surface area contributed by atoms with Crippen molar-refractivity contribution in [3.05, 3.63) is 64.3 Å². The van der Waals surface area contributed by atoms with E-state index in [0.29, 0.717) is 0 Å². The van der Waals surface area contributed by atoms with E-state index in [-0.39, 0.29) is 5.56 Å². The monoisotopic (exact) mass is 351 g/mol. The Morgan fingerprint density at radius 3 is 2.58 bits per heavy atom. The molecule has 3 heterocycles. The van der Waals surface area contributed by atoms with Crippen molar-refractivity contribution in [3.8, 4) is 11.3 Å². The highest BCUT2D eigenvalue weighted by atomic mass is 16.5. The van der Waals surface area contributed by atoms with Gasteiger partial charge in [-0.2, -0.15) is 5.10 Å². The molecule has 0 amide bonds. The van der Waals surface area contributed by atoms with Gasteiger partial charge in [-0.25, -0.2) is 5.10 Å². The molecule has 0 aliphatic carbocycles. The van der Waals surface area contributed by atoms with E-state index in [4.69, 9.17) is 4.52 Å².